The molecule has 1 heterocycles. The highest BCUT2D eigenvalue weighted by Gasteiger charge is 2.39. The number of aliphatic imine (C=N–C) groups is 1. The van der Waals surface area contributed by atoms with Crippen molar-refractivity contribution in [1.29, 1.82) is 0 Å². The molecule has 0 fully saturated rings. The molecule has 2 N–H and O–H groups in total. The summed E-state index contributed by atoms with van der Waals surface area (Å²) in [5.74, 6) is 0.335. The van der Waals surface area contributed by atoms with E-state index in [0.717, 1.165) is 51.2 Å². The largest absolute Gasteiger partial charge is 0.477 e. The third-order valence-electron chi connectivity index (χ3n) is 4.81. The van der Waals surface area contributed by atoms with Gasteiger partial charge in [0, 0.05) is 13.0 Å². The van der Waals surface area contributed by atoms with E-state index in [9.17, 15) is 9.90 Å². The van der Waals surface area contributed by atoms with E-state index in [1.807, 2.05) is 0 Å². The molecule has 23 heavy (non-hydrogen) atoms. The average Bonchev–Trinajstić information content (AvgIpc) is 2.88. The van der Waals surface area contributed by atoms with Gasteiger partial charge in [0.15, 0.2) is 12.4 Å². The Balaban J connectivity index is 2.41. The number of carboxylic acids is 1. The van der Waals surface area contributed by atoms with Crippen LogP contribution in [0.15, 0.2) is 4.99 Å². The van der Waals surface area contributed by atoms with Crippen LogP contribution in [0.1, 0.15) is 71.1 Å². The van der Waals surface area contributed by atoms with Crippen LogP contribution in [0, 0.1) is 0 Å². The smallest absolute Gasteiger partial charge is 0.359 e. The molecule has 134 valence electrons. The van der Waals surface area contributed by atoms with Gasteiger partial charge in [-0.05, 0) is 19.3 Å². The lowest BCUT2D eigenvalue weighted by Crippen LogP contribution is -2.54. The molecule has 0 aromatic rings. The highest BCUT2D eigenvalue weighted by molar-refractivity contribution is 5.80. The number of quaternary nitrogens is 1. The van der Waals surface area contributed by atoms with Crippen LogP contribution < -0.4 is 0 Å². The van der Waals surface area contributed by atoms with Crippen molar-refractivity contribution < 1.29 is 19.5 Å². The Hall–Kier alpha value is -0.940. The second-order valence-electron chi connectivity index (χ2n) is 6.74. The molecule has 0 aliphatic carbocycles. The van der Waals surface area contributed by atoms with Gasteiger partial charge in [-0.3, -0.25) is 4.48 Å². The van der Waals surface area contributed by atoms with Gasteiger partial charge in [-0.15, -0.1) is 0 Å². The predicted molar refractivity (Wildman–Crippen MR) is 93.7 cm³/mol. The summed E-state index contributed by atoms with van der Waals surface area (Å²) in [4.78, 5) is 15.9. The molecule has 5 heteroatoms. The number of aliphatic hydroxyl groups excluding tert-OH is 1. The van der Waals surface area contributed by atoms with Crippen LogP contribution in [-0.4, -0.2) is 59.3 Å². The maximum absolute atomic E-state index is 11.3. The lowest BCUT2D eigenvalue weighted by atomic mass is 10.1. The van der Waals surface area contributed by atoms with Gasteiger partial charge >= 0.3 is 5.97 Å². The zero-order valence-electron chi connectivity index (χ0n) is 14.8. The van der Waals surface area contributed by atoms with Crippen molar-refractivity contribution >= 4 is 11.8 Å². The van der Waals surface area contributed by atoms with Crippen LogP contribution in [0.25, 0.3) is 0 Å². The number of aliphatic carboxylic acids is 1. The first-order valence-electron chi connectivity index (χ1n) is 9.37. The number of amidine groups is 1. The van der Waals surface area contributed by atoms with Gasteiger partial charge in [0.25, 0.3) is 0 Å². The molecule has 1 unspecified atom stereocenters. The number of unbranched alkanes of at least 4 members (excludes halogenated alkanes) is 7. The summed E-state index contributed by atoms with van der Waals surface area (Å²) in [5, 5.41) is 18.3. The molecular weight excluding hydrogens is 292 g/mol. The zero-order valence-corrected chi connectivity index (χ0v) is 14.8. The average molecular weight is 327 g/mol. The third kappa shape index (κ3) is 7.44. The van der Waals surface area contributed by atoms with Crippen LogP contribution in [0.5, 0.6) is 0 Å². The van der Waals surface area contributed by atoms with Gasteiger partial charge in [-0.25, -0.2) is 9.79 Å². The van der Waals surface area contributed by atoms with Crippen LogP contribution in [-0.2, 0) is 4.79 Å². The van der Waals surface area contributed by atoms with Crippen LogP contribution >= 0.6 is 0 Å². The number of rotatable bonds is 14. The molecule has 0 bridgehead atoms. The molecule has 0 aromatic carbocycles. The second kappa shape index (κ2) is 11.6. The SMILES string of the molecule is CCCCCCCCCC1=NCC[N+]1(CCCCO)CC(=O)O. The van der Waals surface area contributed by atoms with Gasteiger partial charge in [0.2, 0.25) is 0 Å². The monoisotopic (exact) mass is 327 g/mol. The van der Waals surface area contributed by atoms with Gasteiger partial charge in [0.1, 0.15) is 6.54 Å². The number of carbonyl (C=O) groups is 1. The summed E-state index contributed by atoms with van der Waals surface area (Å²) in [7, 11) is 0. The maximum atomic E-state index is 11.3. The van der Waals surface area contributed by atoms with Gasteiger partial charge in [-0.2, -0.15) is 0 Å². The van der Waals surface area contributed by atoms with Crippen LogP contribution in [0.3, 0.4) is 0 Å². The van der Waals surface area contributed by atoms with Gasteiger partial charge < -0.3 is 10.2 Å². The molecule has 1 aliphatic rings. The summed E-state index contributed by atoms with van der Waals surface area (Å²) in [6.07, 6.45) is 11.4. The first kappa shape index (κ1) is 20.1. The molecule has 1 rings (SSSR count). The Morgan fingerprint density at radius 3 is 2.43 bits per heavy atom. The molecule has 1 aliphatic heterocycles. The van der Waals surface area contributed by atoms with Crippen molar-refractivity contribution in [3.05, 3.63) is 0 Å². The molecule has 5 nitrogen and oxygen atoms in total. The number of aliphatic hydroxyl groups is 1. The van der Waals surface area contributed by atoms with Crippen molar-refractivity contribution in [1.82, 2.24) is 0 Å². The van der Waals surface area contributed by atoms with E-state index in [0.29, 0.717) is 4.48 Å². The van der Waals surface area contributed by atoms with Crippen molar-refractivity contribution in [3.63, 3.8) is 0 Å². The number of hydrogen-bond donors (Lipinski definition) is 2. The highest BCUT2D eigenvalue weighted by Crippen LogP contribution is 2.21. The molecule has 0 amide bonds. The van der Waals surface area contributed by atoms with Crippen molar-refractivity contribution in [2.45, 2.75) is 71.1 Å². The third-order valence-corrected chi connectivity index (χ3v) is 4.81. The fourth-order valence-corrected chi connectivity index (χ4v) is 3.48. The quantitative estimate of drug-likeness (QED) is 0.380. The van der Waals surface area contributed by atoms with Crippen molar-refractivity contribution in [2.24, 2.45) is 4.99 Å². The van der Waals surface area contributed by atoms with Gasteiger partial charge in [-0.1, -0.05) is 45.4 Å². The maximum Gasteiger partial charge on any atom is 0.359 e. The van der Waals surface area contributed by atoms with E-state index in [4.69, 9.17) is 5.11 Å². The van der Waals surface area contributed by atoms with E-state index in [1.165, 1.54) is 38.5 Å². The lowest BCUT2D eigenvalue weighted by molar-refractivity contribution is -0.829. The van der Waals surface area contributed by atoms with E-state index in [1.54, 1.807) is 0 Å². The lowest BCUT2D eigenvalue weighted by Gasteiger charge is -2.33. The Bertz CT molecular complexity index is 371. The fourth-order valence-electron chi connectivity index (χ4n) is 3.48. The number of hydrogen-bond acceptors (Lipinski definition) is 3. The highest BCUT2D eigenvalue weighted by atomic mass is 16.4. The van der Waals surface area contributed by atoms with Gasteiger partial charge in [0.05, 0.1) is 13.1 Å². The normalized spacial score (nSPS) is 20.7. The molecule has 0 saturated carbocycles. The molecule has 1 atom stereocenters. The molecule has 0 spiro atoms. The minimum atomic E-state index is -0.747. The Labute approximate surface area is 141 Å². The van der Waals surface area contributed by atoms with E-state index in [-0.39, 0.29) is 13.2 Å². The fraction of sp³-hybridized carbons (Fsp3) is 0.889. The molecule has 0 radical (unpaired) electrons. The number of nitrogens with zero attached hydrogens (tertiary/aromatic N) is 2. The molecular formula is C18H35N2O3+. The molecule has 0 aromatic heterocycles. The zero-order chi connectivity index (χ0) is 17.0. The minimum Gasteiger partial charge on any atom is -0.477 e. The minimum absolute atomic E-state index is 0.140. The Morgan fingerprint density at radius 1 is 1.09 bits per heavy atom. The van der Waals surface area contributed by atoms with E-state index < -0.39 is 5.97 Å². The summed E-state index contributed by atoms with van der Waals surface area (Å²) >= 11 is 0. The predicted octanol–water partition coefficient (Wildman–Crippen LogP) is 3.21. The second-order valence-corrected chi connectivity index (χ2v) is 6.74. The first-order valence-corrected chi connectivity index (χ1v) is 9.37. The van der Waals surface area contributed by atoms with Crippen LogP contribution in [0.2, 0.25) is 0 Å². The summed E-state index contributed by atoms with van der Waals surface area (Å²) in [5.41, 5.74) is 0. The Morgan fingerprint density at radius 2 is 1.78 bits per heavy atom. The summed E-state index contributed by atoms with van der Waals surface area (Å²) in [6, 6.07) is 0. The summed E-state index contributed by atoms with van der Waals surface area (Å²) in [6.45, 7) is 4.90. The summed E-state index contributed by atoms with van der Waals surface area (Å²) < 4.78 is 0.519. The first-order chi connectivity index (χ1) is 11.1. The van der Waals surface area contributed by atoms with E-state index >= 15 is 0 Å². The standard InChI is InChI=1S/C18H34N2O3/c1-2-3-4-5-6-7-8-11-17-19-12-14-20(17,16-18(22)23)13-9-10-15-21/h21H,2-16H2,1H3/p+1. The van der Waals surface area contributed by atoms with Crippen molar-refractivity contribution in [3.8, 4) is 0 Å². The van der Waals surface area contributed by atoms with Crippen molar-refractivity contribution in [2.75, 3.05) is 32.8 Å². The number of carboxylic acid groups (broad SMARTS) is 1. The topological polar surface area (TPSA) is 69.9 Å². The van der Waals surface area contributed by atoms with E-state index in [2.05, 4.69) is 11.9 Å². The Kier molecular flexibility index (Phi) is 10.1. The molecule has 0 saturated heterocycles. The van der Waals surface area contributed by atoms with Crippen LogP contribution in [0.4, 0.5) is 0 Å².